The Morgan fingerprint density at radius 1 is 1.15 bits per heavy atom. The summed E-state index contributed by atoms with van der Waals surface area (Å²) < 4.78 is 46.9. The van der Waals surface area contributed by atoms with E-state index in [1.807, 2.05) is 13.8 Å². The molecule has 6 heteroatoms. The number of hydrogen-bond donors (Lipinski definition) is 0. The predicted octanol–water partition coefficient (Wildman–Crippen LogP) is 5.99. The zero-order chi connectivity index (χ0) is 19.1. The molecular weight excluding hydrogens is 409 g/mol. The largest absolute Gasteiger partial charge is 0.487 e. The average molecular weight is 425 g/mol. The number of alkyl halides is 3. The Bertz CT molecular complexity index is 881. The minimum Gasteiger partial charge on any atom is -0.487 e. The Kier molecular flexibility index (Phi) is 4.73. The molecule has 0 saturated heterocycles. The maximum absolute atomic E-state index is 13.5. The zero-order valence-corrected chi connectivity index (χ0v) is 15.7. The lowest BCUT2D eigenvalue weighted by Crippen LogP contribution is -2.24. The molecule has 0 unspecified atom stereocenters. The first-order valence-corrected chi connectivity index (χ1v) is 8.76. The SMILES string of the molecule is CC1(C)Cc2cc(C(=O)C(=Cc3ccc(Br)cc3)C(F)(F)F)ccc2O1. The Hall–Kier alpha value is -2.08. The number of Topliss-reactive ketones (excluding diaryl/α,β-unsaturated/α-hetero) is 1. The van der Waals surface area contributed by atoms with Crippen LogP contribution in [0.4, 0.5) is 13.2 Å². The second kappa shape index (κ2) is 6.58. The predicted molar refractivity (Wildman–Crippen MR) is 97.4 cm³/mol. The van der Waals surface area contributed by atoms with Crippen LogP contribution in [0.25, 0.3) is 6.08 Å². The summed E-state index contributed by atoms with van der Waals surface area (Å²) in [4.78, 5) is 12.6. The van der Waals surface area contributed by atoms with Gasteiger partial charge in [-0.15, -0.1) is 0 Å². The highest BCUT2D eigenvalue weighted by Gasteiger charge is 2.39. The third-order valence-corrected chi connectivity index (χ3v) is 4.58. The third-order valence-electron chi connectivity index (χ3n) is 4.06. The van der Waals surface area contributed by atoms with Gasteiger partial charge in [0.1, 0.15) is 16.9 Å². The van der Waals surface area contributed by atoms with E-state index >= 15 is 0 Å². The number of fused-ring (bicyclic) bond motifs is 1. The fourth-order valence-electron chi connectivity index (χ4n) is 2.91. The lowest BCUT2D eigenvalue weighted by Gasteiger charge is -2.16. The smallest absolute Gasteiger partial charge is 0.420 e. The summed E-state index contributed by atoms with van der Waals surface area (Å²) in [7, 11) is 0. The Balaban J connectivity index is 1.98. The molecule has 0 atom stereocenters. The Morgan fingerprint density at radius 2 is 1.81 bits per heavy atom. The normalized spacial score (nSPS) is 16.2. The standard InChI is InChI=1S/C20H16BrF3O2/c1-19(2)11-14-10-13(5-8-17(14)26-19)18(25)16(20(22,23)24)9-12-3-6-15(21)7-4-12/h3-10H,11H2,1-2H3. The maximum Gasteiger partial charge on any atom is 0.420 e. The molecule has 2 aromatic carbocycles. The monoisotopic (exact) mass is 424 g/mol. The molecule has 0 amide bonds. The summed E-state index contributed by atoms with van der Waals surface area (Å²) in [6.07, 6.45) is -3.33. The summed E-state index contributed by atoms with van der Waals surface area (Å²) in [6, 6.07) is 10.7. The van der Waals surface area contributed by atoms with Crippen LogP contribution in [0.2, 0.25) is 0 Å². The number of ether oxygens (including phenoxy) is 1. The molecule has 0 saturated carbocycles. The summed E-state index contributed by atoms with van der Waals surface area (Å²) in [5.41, 5.74) is -0.571. The lowest BCUT2D eigenvalue weighted by molar-refractivity contribution is -0.0878. The van der Waals surface area contributed by atoms with Crippen molar-refractivity contribution in [2.24, 2.45) is 0 Å². The van der Waals surface area contributed by atoms with E-state index in [0.717, 1.165) is 16.1 Å². The van der Waals surface area contributed by atoms with E-state index < -0.39 is 23.1 Å². The van der Waals surface area contributed by atoms with Crippen LogP contribution >= 0.6 is 15.9 Å². The molecule has 3 rings (SSSR count). The third kappa shape index (κ3) is 4.01. The van der Waals surface area contributed by atoms with E-state index in [-0.39, 0.29) is 5.56 Å². The fraction of sp³-hybridized carbons (Fsp3) is 0.250. The molecule has 0 bridgehead atoms. The van der Waals surface area contributed by atoms with Gasteiger partial charge in [0.25, 0.3) is 0 Å². The first-order chi connectivity index (χ1) is 12.0. The van der Waals surface area contributed by atoms with E-state index in [4.69, 9.17) is 4.74 Å². The van der Waals surface area contributed by atoms with Crippen LogP contribution < -0.4 is 4.74 Å². The summed E-state index contributed by atoms with van der Waals surface area (Å²) in [5, 5.41) is 0. The van der Waals surface area contributed by atoms with Gasteiger partial charge in [-0.25, -0.2) is 0 Å². The van der Waals surface area contributed by atoms with Crippen molar-refractivity contribution in [1.29, 1.82) is 0 Å². The van der Waals surface area contributed by atoms with E-state index in [9.17, 15) is 18.0 Å². The molecule has 1 aliphatic rings. The molecule has 0 radical (unpaired) electrons. The number of rotatable bonds is 3. The van der Waals surface area contributed by atoms with Gasteiger partial charge in [-0.05, 0) is 61.4 Å². The van der Waals surface area contributed by atoms with Gasteiger partial charge in [0, 0.05) is 16.5 Å². The van der Waals surface area contributed by atoms with Gasteiger partial charge in [-0.1, -0.05) is 28.1 Å². The topological polar surface area (TPSA) is 26.3 Å². The fourth-order valence-corrected chi connectivity index (χ4v) is 3.17. The van der Waals surface area contributed by atoms with Gasteiger partial charge in [0.05, 0.1) is 0 Å². The van der Waals surface area contributed by atoms with E-state index in [0.29, 0.717) is 17.7 Å². The highest BCUT2D eigenvalue weighted by atomic mass is 79.9. The highest BCUT2D eigenvalue weighted by molar-refractivity contribution is 9.10. The van der Waals surface area contributed by atoms with Crippen LogP contribution in [-0.2, 0) is 6.42 Å². The van der Waals surface area contributed by atoms with Crippen LogP contribution in [-0.4, -0.2) is 17.6 Å². The average Bonchev–Trinajstić information content (AvgIpc) is 2.85. The second-order valence-corrected chi connectivity index (χ2v) is 7.71. The molecule has 0 N–H and O–H groups in total. The minimum atomic E-state index is -4.75. The highest BCUT2D eigenvalue weighted by Crippen LogP contribution is 2.37. The number of carbonyl (C=O) groups excluding carboxylic acids is 1. The quantitative estimate of drug-likeness (QED) is 0.446. The molecule has 26 heavy (non-hydrogen) atoms. The first kappa shape index (κ1) is 18.7. The van der Waals surface area contributed by atoms with Crippen molar-refractivity contribution < 1.29 is 22.7 Å². The van der Waals surface area contributed by atoms with Crippen molar-refractivity contribution in [3.63, 3.8) is 0 Å². The summed E-state index contributed by atoms with van der Waals surface area (Å²) >= 11 is 3.23. The second-order valence-electron chi connectivity index (χ2n) is 6.80. The number of halogens is 4. The molecule has 136 valence electrons. The molecule has 0 aliphatic carbocycles. The van der Waals surface area contributed by atoms with Crippen molar-refractivity contribution in [2.45, 2.75) is 32.0 Å². The first-order valence-electron chi connectivity index (χ1n) is 7.96. The van der Waals surface area contributed by atoms with Gasteiger partial charge < -0.3 is 4.74 Å². The van der Waals surface area contributed by atoms with E-state index in [2.05, 4.69) is 15.9 Å². The lowest BCUT2D eigenvalue weighted by atomic mass is 9.96. The van der Waals surface area contributed by atoms with Gasteiger partial charge in [0.2, 0.25) is 0 Å². The van der Waals surface area contributed by atoms with Crippen molar-refractivity contribution in [3.05, 3.63) is 69.2 Å². The molecule has 1 aliphatic heterocycles. The Morgan fingerprint density at radius 3 is 2.42 bits per heavy atom. The number of benzene rings is 2. The van der Waals surface area contributed by atoms with Crippen LogP contribution in [0, 0.1) is 0 Å². The molecule has 0 spiro atoms. The molecule has 0 fully saturated rings. The number of carbonyl (C=O) groups is 1. The molecule has 2 aromatic rings. The van der Waals surface area contributed by atoms with Crippen LogP contribution in [0.3, 0.4) is 0 Å². The molecule has 2 nitrogen and oxygen atoms in total. The molecule has 0 aromatic heterocycles. The Labute approximate surface area is 157 Å². The summed E-state index contributed by atoms with van der Waals surface area (Å²) in [5.74, 6) is -0.440. The zero-order valence-electron chi connectivity index (χ0n) is 14.2. The van der Waals surface area contributed by atoms with Gasteiger partial charge >= 0.3 is 6.18 Å². The van der Waals surface area contributed by atoms with E-state index in [1.54, 1.807) is 18.2 Å². The molecule has 1 heterocycles. The number of ketones is 1. The number of allylic oxidation sites excluding steroid dienone is 1. The minimum absolute atomic E-state index is 0.00531. The van der Waals surface area contributed by atoms with Crippen molar-refractivity contribution in [3.8, 4) is 5.75 Å². The number of hydrogen-bond acceptors (Lipinski definition) is 2. The van der Waals surface area contributed by atoms with Gasteiger partial charge in [-0.2, -0.15) is 13.2 Å². The van der Waals surface area contributed by atoms with Crippen LogP contribution in [0.15, 0.2) is 52.5 Å². The van der Waals surface area contributed by atoms with Crippen molar-refractivity contribution in [1.82, 2.24) is 0 Å². The van der Waals surface area contributed by atoms with E-state index in [1.165, 1.54) is 24.3 Å². The van der Waals surface area contributed by atoms with Crippen LogP contribution in [0.1, 0.15) is 35.3 Å². The van der Waals surface area contributed by atoms with Crippen molar-refractivity contribution in [2.75, 3.05) is 0 Å². The van der Waals surface area contributed by atoms with Gasteiger partial charge in [0.15, 0.2) is 5.78 Å². The maximum atomic E-state index is 13.5. The van der Waals surface area contributed by atoms with Crippen molar-refractivity contribution >= 4 is 27.8 Å². The van der Waals surface area contributed by atoms with Gasteiger partial charge in [-0.3, -0.25) is 4.79 Å². The molecular formula is C20H16BrF3O2. The van der Waals surface area contributed by atoms with Crippen LogP contribution in [0.5, 0.6) is 5.75 Å². The summed E-state index contributed by atoms with van der Waals surface area (Å²) in [6.45, 7) is 3.78.